The van der Waals surface area contributed by atoms with E-state index in [9.17, 15) is 9.59 Å². The van der Waals surface area contributed by atoms with E-state index in [1.807, 2.05) is 12.1 Å². The Morgan fingerprint density at radius 3 is 2.15 bits per heavy atom. The zero-order chi connectivity index (χ0) is 14.5. The Hall–Kier alpha value is -1.88. The summed E-state index contributed by atoms with van der Waals surface area (Å²) in [6.07, 6.45) is 3.70. The average Bonchev–Trinajstić information content (AvgIpc) is 2.46. The van der Waals surface area contributed by atoms with Gasteiger partial charge in [-0.2, -0.15) is 0 Å². The molecule has 0 bridgehead atoms. The first kappa shape index (κ1) is 14.5. The van der Waals surface area contributed by atoms with E-state index in [1.54, 1.807) is 12.1 Å². The molecule has 1 fully saturated rings. The Morgan fingerprint density at radius 1 is 1.05 bits per heavy atom. The maximum atomic E-state index is 11.1. The normalized spacial score (nSPS) is 22.4. The highest BCUT2D eigenvalue weighted by atomic mass is 16.1. The molecule has 5 heteroatoms. The van der Waals surface area contributed by atoms with Crippen LogP contribution in [0.4, 0.5) is 0 Å². The van der Waals surface area contributed by atoms with Gasteiger partial charge in [-0.1, -0.05) is 12.1 Å². The average molecular weight is 275 g/mol. The molecule has 0 unspecified atom stereocenters. The van der Waals surface area contributed by atoms with Crippen LogP contribution in [0.3, 0.4) is 0 Å². The Kier molecular flexibility index (Phi) is 4.74. The predicted molar refractivity (Wildman–Crippen MR) is 76.7 cm³/mol. The van der Waals surface area contributed by atoms with Gasteiger partial charge in [0.05, 0.1) is 0 Å². The van der Waals surface area contributed by atoms with E-state index in [4.69, 9.17) is 11.5 Å². The lowest BCUT2D eigenvalue weighted by Gasteiger charge is -2.27. The molecule has 0 spiro atoms. The zero-order valence-electron chi connectivity index (χ0n) is 11.5. The molecule has 1 aromatic rings. The molecule has 5 N–H and O–H groups in total. The molecule has 0 radical (unpaired) electrons. The molecule has 0 heterocycles. The van der Waals surface area contributed by atoms with E-state index in [0.29, 0.717) is 11.6 Å². The minimum atomic E-state index is -0.408. The van der Waals surface area contributed by atoms with Gasteiger partial charge in [-0.15, -0.1) is 0 Å². The van der Waals surface area contributed by atoms with E-state index in [1.165, 1.54) is 0 Å². The standard InChI is InChI=1S/C15H21N3O2/c16-14(19)11-3-1-10(2-4-11)9-18-13-7-5-12(6-8-13)15(17)20/h1-4,12-13,18H,5-9H2,(H2,16,19)(H2,17,20). The molecule has 5 nitrogen and oxygen atoms in total. The summed E-state index contributed by atoms with van der Waals surface area (Å²) in [6.45, 7) is 0.755. The van der Waals surface area contributed by atoms with E-state index < -0.39 is 5.91 Å². The number of carbonyl (C=O) groups excluding carboxylic acids is 2. The second kappa shape index (κ2) is 6.52. The van der Waals surface area contributed by atoms with Gasteiger partial charge in [0.1, 0.15) is 0 Å². The second-order valence-electron chi connectivity index (χ2n) is 5.39. The lowest BCUT2D eigenvalue weighted by molar-refractivity contribution is -0.122. The predicted octanol–water partition coefficient (Wildman–Crippen LogP) is 0.919. The molecule has 2 rings (SSSR count). The van der Waals surface area contributed by atoms with Crippen LogP contribution in [0.1, 0.15) is 41.6 Å². The molecule has 20 heavy (non-hydrogen) atoms. The van der Waals surface area contributed by atoms with Gasteiger partial charge in [0.2, 0.25) is 11.8 Å². The van der Waals surface area contributed by atoms with Crippen LogP contribution in [0, 0.1) is 5.92 Å². The highest BCUT2D eigenvalue weighted by Crippen LogP contribution is 2.24. The summed E-state index contributed by atoms with van der Waals surface area (Å²) in [5.41, 5.74) is 12.2. The van der Waals surface area contributed by atoms with Crippen LogP contribution in [0.15, 0.2) is 24.3 Å². The number of rotatable bonds is 5. The number of benzene rings is 1. The van der Waals surface area contributed by atoms with Gasteiger partial charge in [-0.3, -0.25) is 9.59 Å². The number of amides is 2. The summed E-state index contributed by atoms with van der Waals surface area (Å²) in [4.78, 5) is 22.1. The lowest BCUT2D eigenvalue weighted by atomic mass is 9.85. The molecule has 0 aliphatic heterocycles. The van der Waals surface area contributed by atoms with Crippen LogP contribution in [0.2, 0.25) is 0 Å². The maximum Gasteiger partial charge on any atom is 0.248 e. The number of hydrogen-bond acceptors (Lipinski definition) is 3. The number of hydrogen-bond donors (Lipinski definition) is 3. The van der Waals surface area contributed by atoms with Crippen molar-refractivity contribution in [2.24, 2.45) is 17.4 Å². The summed E-state index contributed by atoms with van der Waals surface area (Å²) in [5.74, 6) is -0.539. The minimum absolute atomic E-state index is 0.0444. The van der Waals surface area contributed by atoms with Gasteiger partial charge in [0.25, 0.3) is 0 Å². The first-order valence-corrected chi connectivity index (χ1v) is 6.97. The van der Waals surface area contributed by atoms with Crippen LogP contribution in [0.25, 0.3) is 0 Å². The summed E-state index contributed by atoms with van der Waals surface area (Å²) in [7, 11) is 0. The van der Waals surface area contributed by atoms with E-state index in [-0.39, 0.29) is 11.8 Å². The fourth-order valence-electron chi connectivity index (χ4n) is 2.63. The fourth-order valence-corrected chi connectivity index (χ4v) is 2.63. The third kappa shape index (κ3) is 3.81. The van der Waals surface area contributed by atoms with Crippen molar-refractivity contribution in [3.8, 4) is 0 Å². The second-order valence-corrected chi connectivity index (χ2v) is 5.39. The topological polar surface area (TPSA) is 98.2 Å². The van der Waals surface area contributed by atoms with E-state index in [2.05, 4.69) is 5.32 Å². The van der Waals surface area contributed by atoms with Gasteiger partial charge in [0, 0.05) is 24.1 Å². The molecule has 1 aromatic carbocycles. The molecule has 0 atom stereocenters. The van der Waals surface area contributed by atoms with Crippen molar-refractivity contribution < 1.29 is 9.59 Å². The summed E-state index contributed by atoms with van der Waals surface area (Å²) < 4.78 is 0. The summed E-state index contributed by atoms with van der Waals surface area (Å²) >= 11 is 0. The van der Waals surface area contributed by atoms with Crippen molar-refractivity contribution in [3.63, 3.8) is 0 Å². The molecule has 0 saturated heterocycles. The number of nitrogens with one attached hydrogen (secondary N) is 1. The molecule has 1 aliphatic rings. The van der Waals surface area contributed by atoms with Crippen molar-refractivity contribution in [3.05, 3.63) is 35.4 Å². The quantitative estimate of drug-likeness (QED) is 0.745. The van der Waals surface area contributed by atoms with Crippen molar-refractivity contribution in [1.82, 2.24) is 5.32 Å². The van der Waals surface area contributed by atoms with Crippen LogP contribution in [-0.4, -0.2) is 17.9 Å². The zero-order valence-corrected chi connectivity index (χ0v) is 11.5. The highest BCUT2D eigenvalue weighted by Gasteiger charge is 2.24. The molecule has 2 amide bonds. The Balaban J connectivity index is 1.78. The first-order valence-electron chi connectivity index (χ1n) is 6.97. The lowest BCUT2D eigenvalue weighted by Crippen LogP contribution is -2.36. The molecule has 1 saturated carbocycles. The van der Waals surface area contributed by atoms with Crippen molar-refractivity contribution >= 4 is 11.8 Å². The smallest absolute Gasteiger partial charge is 0.248 e. The monoisotopic (exact) mass is 275 g/mol. The number of carbonyl (C=O) groups is 2. The van der Waals surface area contributed by atoms with Crippen LogP contribution in [-0.2, 0) is 11.3 Å². The molecular weight excluding hydrogens is 254 g/mol. The molecule has 1 aliphatic carbocycles. The number of primary amides is 2. The van der Waals surface area contributed by atoms with Crippen LogP contribution >= 0.6 is 0 Å². The molecule has 108 valence electrons. The van der Waals surface area contributed by atoms with E-state index >= 15 is 0 Å². The van der Waals surface area contributed by atoms with Gasteiger partial charge < -0.3 is 16.8 Å². The fraction of sp³-hybridized carbons (Fsp3) is 0.467. The SMILES string of the molecule is NC(=O)c1ccc(CNC2CCC(C(N)=O)CC2)cc1. The summed E-state index contributed by atoms with van der Waals surface area (Å²) in [6, 6.07) is 7.72. The largest absolute Gasteiger partial charge is 0.369 e. The van der Waals surface area contributed by atoms with Crippen molar-refractivity contribution in [2.75, 3.05) is 0 Å². The van der Waals surface area contributed by atoms with Gasteiger partial charge >= 0.3 is 0 Å². The first-order chi connectivity index (χ1) is 9.56. The minimum Gasteiger partial charge on any atom is -0.369 e. The maximum absolute atomic E-state index is 11.1. The van der Waals surface area contributed by atoms with Crippen molar-refractivity contribution in [2.45, 2.75) is 38.3 Å². The third-order valence-corrected chi connectivity index (χ3v) is 3.96. The molecule has 0 aromatic heterocycles. The van der Waals surface area contributed by atoms with Crippen LogP contribution < -0.4 is 16.8 Å². The Morgan fingerprint density at radius 2 is 1.65 bits per heavy atom. The van der Waals surface area contributed by atoms with E-state index in [0.717, 1.165) is 37.8 Å². The van der Waals surface area contributed by atoms with Gasteiger partial charge in [0.15, 0.2) is 0 Å². The number of nitrogens with two attached hydrogens (primary N) is 2. The Bertz CT molecular complexity index is 476. The molecular formula is C15H21N3O2. The summed E-state index contributed by atoms with van der Waals surface area (Å²) in [5, 5.41) is 3.48. The highest BCUT2D eigenvalue weighted by molar-refractivity contribution is 5.92. The third-order valence-electron chi connectivity index (χ3n) is 3.96. The van der Waals surface area contributed by atoms with Crippen molar-refractivity contribution in [1.29, 1.82) is 0 Å². The van der Waals surface area contributed by atoms with Gasteiger partial charge in [-0.05, 0) is 43.4 Å². The Labute approximate surface area is 118 Å². The van der Waals surface area contributed by atoms with Gasteiger partial charge in [-0.25, -0.2) is 0 Å². The van der Waals surface area contributed by atoms with Crippen LogP contribution in [0.5, 0.6) is 0 Å².